The van der Waals surface area contributed by atoms with E-state index in [1.807, 2.05) is 68.4 Å². The van der Waals surface area contributed by atoms with Gasteiger partial charge in [0.05, 0.1) is 17.4 Å². The van der Waals surface area contributed by atoms with Crippen LogP contribution in [0.15, 0.2) is 67.0 Å². The molecule has 0 saturated carbocycles. The van der Waals surface area contributed by atoms with Gasteiger partial charge in [0, 0.05) is 18.4 Å². The lowest BCUT2D eigenvalue weighted by Gasteiger charge is -2.10. The maximum absolute atomic E-state index is 12.4. The molecule has 4 heteroatoms. The molecule has 3 rings (SSSR count). The summed E-state index contributed by atoms with van der Waals surface area (Å²) in [5.41, 5.74) is 5.73. The number of aromatic nitrogens is 1. The van der Waals surface area contributed by atoms with Crippen molar-refractivity contribution in [3.63, 3.8) is 0 Å². The molecule has 2 N–H and O–H groups in total. The third kappa shape index (κ3) is 4.44. The van der Waals surface area contributed by atoms with Crippen molar-refractivity contribution in [3.8, 4) is 0 Å². The van der Waals surface area contributed by atoms with E-state index in [2.05, 4.69) is 15.6 Å². The maximum atomic E-state index is 12.4. The summed E-state index contributed by atoms with van der Waals surface area (Å²) in [6, 6.07) is 17.9. The minimum atomic E-state index is -0.136. The standard InChI is InChI=1S/C21H21N3O/c1-15-6-5-9-19(10-15)24-20-11-18(12-22-14-20)21(25)23-13-17-8-4-3-7-16(17)2/h3-12,14,24H,13H2,1-2H3,(H,23,25). The van der Waals surface area contributed by atoms with Gasteiger partial charge in [-0.1, -0.05) is 36.4 Å². The monoisotopic (exact) mass is 331 g/mol. The summed E-state index contributed by atoms with van der Waals surface area (Å²) in [5, 5.41) is 6.23. The minimum Gasteiger partial charge on any atom is -0.354 e. The Morgan fingerprint density at radius 1 is 0.960 bits per heavy atom. The van der Waals surface area contributed by atoms with Crippen molar-refractivity contribution in [1.82, 2.24) is 10.3 Å². The first-order valence-corrected chi connectivity index (χ1v) is 8.23. The second kappa shape index (κ2) is 7.62. The maximum Gasteiger partial charge on any atom is 0.253 e. The SMILES string of the molecule is Cc1cccc(Nc2cncc(C(=O)NCc3ccccc3C)c2)c1. The van der Waals surface area contributed by atoms with E-state index in [4.69, 9.17) is 0 Å². The van der Waals surface area contributed by atoms with Crippen LogP contribution in [-0.4, -0.2) is 10.9 Å². The zero-order valence-corrected chi connectivity index (χ0v) is 14.4. The summed E-state index contributed by atoms with van der Waals surface area (Å²) < 4.78 is 0. The van der Waals surface area contributed by atoms with Gasteiger partial charge in [-0.2, -0.15) is 0 Å². The second-order valence-corrected chi connectivity index (χ2v) is 6.07. The smallest absolute Gasteiger partial charge is 0.253 e. The lowest BCUT2D eigenvalue weighted by atomic mass is 10.1. The van der Waals surface area contributed by atoms with Gasteiger partial charge in [-0.15, -0.1) is 0 Å². The molecule has 1 aromatic heterocycles. The van der Waals surface area contributed by atoms with Gasteiger partial charge in [0.2, 0.25) is 0 Å². The number of nitrogens with one attached hydrogen (secondary N) is 2. The molecule has 1 amide bonds. The molecular weight excluding hydrogens is 310 g/mol. The predicted molar refractivity (Wildman–Crippen MR) is 101 cm³/mol. The predicted octanol–water partition coefficient (Wildman–Crippen LogP) is 4.37. The van der Waals surface area contributed by atoms with Crippen LogP contribution in [0.5, 0.6) is 0 Å². The number of anilines is 2. The van der Waals surface area contributed by atoms with E-state index in [1.165, 1.54) is 5.56 Å². The fourth-order valence-electron chi connectivity index (χ4n) is 2.61. The van der Waals surface area contributed by atoms with Crippen LogP contribution < -0.4 is 10.6 Å². The Balaban J connectivity index is 1.68. The highest BCUT2D eigenvalue weighted by Gasteiger charge is 2.08. The summed E-state index contributed by atoms with van der Waals surface area (Å²) in [4.78, 5) is 16.6. The number of hydrogen-bond acceptors (Lipinski definition) is 3. The Bertz CT molecular complexity index is 890. The second-order valence-electron chi connectivity index (χ2n) is 6.07. The molecule has 1 heterocycles. The van der Waals surface area contributed by atoms with Crippen molar-refractivity contribution in [2.45, 2.75) is 20.4 Å². The van der Waals surface area contributed by atoms with E-state index >= 15 is 0 Å². The third-order valence-electron chi connectivity index (χ3n) is 4.01. The highest BCUT2D eigenvalue weighted by Crippen LogP contribution is 2.18. The first kappa shape index (κ1) is 16.7. The molecule has 25 heavy (non-hydrogen) atoms. The van der Waals surface area contributed by atoms with Gasteiger partial charge in [0.1, 0.15) is 0 Å². The molecule has 0 saturated heterocycles. The zero-order valence-electron chi connectivity index (χ0n) is 14.4. The van der Waals surface area contributed by atoms with Gasteiger partial charge in [0.25, 0.3) is 5.91 Å². The van der Waals surface area contributed by atoms with Crippen LogP contribution in [0.2, 0.25) is 0 Å². The summed E-state index contributed by atoms with van der Waals surface area (Å²) in [6.07, 6.45) is 3.29. The van der Waals surface area contributed by atoms with Crippen molar-refractivity contribution in [1.29, 1.82) is 0 Å². The van der Waals surface area contributed by atoms with E-state index in [0.29, 0.717) is 12.1 Å². The first-order valence-electron chi connectivity index (χ1n) is 8.23. The molecule has 0 aliphatic heterocycles. The Morgan fingerprint density at radius 3 is 2.60 bits per heavy atom. The van der Waals surface area contributed by atoms with Crippen LogP contribution >= 0.6 is 0 Å². The normalized spacial score (nSPS) is 10.3. The van der Waals surface area contributed by atoms with Crippen LogP contribution in [-0.2, 0) is 6.54 Å². The number of amides is 1. The average molecular weight is 331 g/mol. The summed E-state index contributed by atoms with van der Waals surface area (Å²) in [7, 11) is 0. The number of pyridine rings is 1. The van der Waals surface area contributed by atoms with Crippen molar-refractivity contribution in [2.75, 3.05) is 5.32 Å². The van der Waals surface area contributed by atoms with Gasteiger partial charge in [-0.25, -0.2) is 0 Å². The Kier molecular flexibility index (Phi) is 5.09. The average Bonchev–Trinajstić information content (AvgIpc) is 2.61. The number of hydrogen-bond donors (Lipinski definition) is 2. The molecule has 0 radical (unpaired) electrons. The highest BCUT2D eigenvalue weighted by atomic mass is 16.1. The van der Waals surface area contributed by atoms with Gasteiger partial charge in [-0.3, -0.25) is 9.78 Å². The van der Waals surface area contributed by atoms with E-state index in [0.717, 1.165) is 22.5 Å². The molecule has 4 nitrogen and oxygen atoms in total. The summed E-state index contributed by atoms with van der Waals surface area (Å²) >= 11 is 0. The van der Waals surface area contributed by atoms with Crippen LogP contribution in [0.25, 0.3) is 0 Å². The lowest BCUT2D eigenvalue weighted by molar-refractivity contribution is 0.0950. The fourth-order valence-corrected chi connectivity index (χ4v) is 2.61. The van der Waals surface area contributed by atoms with Crippen LogP contribution in [0.4, 0.5) is 11.4 Å². The molecule has 2 aromatic carbocycles. The number of aryl methyl sites for hydroxylation is 2. The molecule has 126 valence electrons. The third-order valence-corrected chi connectivity index (χ3v) is 4.01. The van der Waals surface area contributed by atoms with Gasteiger partial charge in [0.15, 0.2) is 0 Å². The number of nitrogens with zero attached hydrogens (tertiary/aromatic N) is 1. The molecule has 0 unspecified atom stereocenters. The molecule has 0 spiro atoms. The molecule has 0 aliphatic carbocycles. The van der Waals surface area contributed by atoms with E-state index in [-0.39, 0.29) is 5.91 Å². The first-order chi connectivity index (χ1) is 12.1. The van der Waals surface area contributed by atoms with E-state index in [9.17, 15) is 4.79 Å². The van der Waals surface area contributed by atoms with Crippen LogP contribution in [0.1, 0.15) is 27.0 Å². The lowest BCUT2D eigenvalue weighted by Crippen LogP contribution is -2.23. The van der Waals surface area contributed by atoms with Crippen molar-refractivity contribution in [3.05, 3.63) is 89.2 Å². The largest absolute Gasteiger partial charge is 0.354 e. The molecule has 0 bridgehead atoms. The van der Waals surface area contributed by atoms with Gasteiger partial charge in [-0.05, 0) is 48.7 Å². The van der Waals surface area contributed by atoms with Gasteiger partial charge >= 0.3 is 0 Å². The Hall–Kier alpha value is -3.14. The van der Waals surface area contributed by atoms with Crippen molar-refractivity contribution < 1.29 is 4.79 Å². The highest BCUT2D eigenvalue weighted by molar-refractivity contribution is 5.94. The Morgan fingerprint density at radius 2 is 1.80 bits per heavy atom. The molecular formula is C21H21N3O. The fraction of sp³-hybridized carbons (Fsp3) is 0.143. The summed E-state index contributed by atoms with van der Waals surface area (Å²) in [5.74, 6) is -0.136. The zero-order chi connectivity index (χ0) is 17.6. The van der Waals surface area contributed by atoms with Crippen molar-refractivity contribution >= 4 is 17.3 Å². The van der Waals surface area contributed by atoms with E-state index in [1.54, 1.807) is 12.4 Å². The van der Waals surface area contributed by atoms with Crippen molar-refractivity contribution in [2.24, 2.45) is 0 Å². The summed E-state index contributed by atoms with van der Waals surface area (Å²) in [6.45, 7) is 4.58. The van der Waals surface area contributed by atoms with Crippen LogP contribution in [0, 0.1) is 13.8 Å². The topological polar surface area (TPSA) is 54.0 Å². The molecule has 0 aliphatic rings. The number of carbonyl (C=O) groups is 1. The number of carbonyl (C=O) groups excluding carboxylic acids is 1. The van der Waals surface area contributed by atoms with Gasteiger partial charge < -0.3 is 10.6 Å². The van der Waals surface area contributed by atoms with Crippen LogP contribution in [0.3, 0.4) is 0 Å². The van der Waals surface area contributed by atoms with E-state index < -0.39 is 0 Å². The molecule has 0 fully saturated rings. The number of benzene rings is 2. The molecule has 0 atom stereocenters. The minimum absolute atomic E-state index is 0.136. The molecule has 3 aromatic rings. The quantitative estimate of drug-likeness (QED) is 0.730. The number of rotatable bonds is 5. The Labute approximate surface area is 147 Å².